The number of hydrogen-bond donors (Lipinski definition) is 2. The molecule has 0 aliphatic carbocycles. The van der Waals surface area contributed by atoms with Crippen LogP contribution in [0.5, 0.6) is 5.75 Å². The topological polar surface area (TPSA) is 44.7 Å². The monoisotopic (exact) mass is 342 g/mol. The maximum absolute atomic E-state index is 10.4. The minimum atomic E-state index is -0.856. The molecule has 0 saturated carbocycles. The molecule has 25 heavy (non-hydrogen) atoms. The van der Waals surface area contributed by atoms with Crippen LogP contribution in [0.2, 0.25) is 0 Å². The highest BCUT2D eigenvalue weighted by Crippen LogP contribution is 2.38. The van der Waals surface area contributed by atoms with Gasteiger partial charge in [0.15, 0.2) is 0 Å². The van der Waals surface area contributed by atoms with E-state index in [1.165, 1.54) is 30.7 Å². The lowest BCUT2D eigenvalue weighted by molar-refractivity contribution is 0.0785. The Morgan fingerprint density at radius 1 is 1.28 bits per heavy atom. The van der Waals surface area contributed by atoms with Crippen LogP contribution in [0.3, 0.4) is 0 Å². The Bertz CT molecular complexity index is 667. The standard InChI is InChI=1S/C21H30N2O2/c1-21(2,24)17-7-8-20-19(14-17)18(9-13-23-11-5-12-23)16(15-25-20)6-4-10-22-3/h6-9,14,22,24H,4-5,10-13,15H2,1-3H3/b16-6+,18-9+. The third-order valence-corrected chi connectivity index (χ3v) is 4.99. The molecule has 3 rings (SSSR count). The van der Waals surface area contributed by atoms with Crippen LogP contribution in [0.25, 0.3) is 5.57 Å². The van der Waals surface area contributed by atoms with Gasteiger partial charge in [-0.3, -0.25) is 4.90 Å². The smallest absolute Gasteiger partial charge is 0.127 e. The first kappa shape index (κ1) is 18.2. The highest BCUT2D eigenvalue weighted by molar-refractivity contribution is 5.84. The molecule has 2 heterocycles. The van der Waals surface area contributed by atoms with E-state index in [1.54, 1.807) is 0 Å². The molecular weight excluding hydrogens is 312 g/mol. The zero-order valence-corrected chi connectivity index (χ0v) is 15.6. The number of nitrogens with zero attached hydrogens (tertiary/aromatic N) is 1. The van der Waals surface area contributed by atoms with Crippen LogP contribution in [0.1, 0.15) is 37.8 Å². The van der Waals surface area contributed by atoms with Crippen LogP contribution in [-0.2, 0) is 5.60 Å². The SMILES string of the molecule is CNCC/C=C1\COc2ccc(C(C)(C)O)cc2\C1=C\CN1CCC1. The van der Waals surface area contributed by atoms with E-state index in [-0.39, 0.29) is 0 Å². The van der Waals surface area contributed by atoms with Gasteiger partial charge in [0.25, 0.3) is 0 Å². The van der Waals surface area contributed by atoms with Crippen molar-refractivity contribution in [1.82, 2.24) is 10.2 Å². The quantitative estimate of drug-likeness (QED) is 0.780. The van der Waals surface area contributed by atoms with E-state index in [1.807, 2.05) is 33.0 Å². The number of likely N-dealkylation sites (tertiary alicyclic amines) is 1. The normalized spacial score (nSPS) is 21.1. The summed E-state index contributed by atoms with van der Waals surface area (Å²) in [6.07, 6.45) is 6.89. The zero-order chi connectivity index (χ0) is 17.9. The van der Waals surface area contributed by atoms with E-state index in [4.69, 9.17) is 4.74 Å². The Kier molecular flexibility index (Phi) is 5.62. The number of benzene rings is 1. The molecule has 2 aliphatic rings. The highest BCUT2D eigenvalue weighted by atomic mass is 16.5. The van der Waals surface area contributed by atoms with Crippen LogP contribution < -0.4 is 10.1 Å². The Labute approximate surface area is 151 Å². The fourth-order valence-corrected chi connectivity index (χ4v) is 3.24. The molecule has 136 valence electrons. The molecule has 0 bridgehead atoms. The van der Waals surface area contributed by atoms with E-state index in [0.717, 1.165) is 36.4 Å². The number of hydrogen-bond acceptors (Lipinski definition) is 4. The largest absolute Gasteiger partial charge is 0.488 e. The second-order valence-corrected chi connectivity index (χ2v) is 7.45. The summed E-state index contributed by atoms with van der Waals surface area (Å²) in [4.78, 5) is 2.45. The first-order valence-corrected chi connectivity index (χ1v) is 9.25. The van der Waals surface area contributed by atoms with E-state index < -0.39 is 5.60 Å². The molecule has 1 aromatic rings. The fourth-order valence-electron chi connectivity index (χ4n) is 3.24. The molecule has 0 amide bonds. The maximum atomic E-state index is 10.4. The predicted molar refractivity (Wildman–Crippen MR) is 103 cm³/mol. The van der Waals surface area contributed by atoms with Crippen LogP contribution in [-0.4, -0.2) is 49.8 Å². The molecule has 1 fully saturated rings. The molecular formula is C21H30N2O2. The highest BCUT2D eigenvalue weighted by Gasteiger charge is 2.24. The first-order valence-electron chi connectivity index (χ1n) is 9.25. The van der Waals surface area contributed by atoms with Gasteiger partial charge >= 0.3 is 0 Å². The number of rotatable bonds is 6. The fraction of sp³-hybridized carbons (Fsp3) is 0.524. The van der Waals surface area contributed by atoms with Gasteiger partial charge in [-0.15, -0.1) is 0 Å². The molecule has 0 spiro atoms. The second-order valence-electron chi connectivity index (χ2n) is 7.45. The Morgan fingerprint density at radius 3 is 2.72 bits per heavy atom. The van der Waals surface area contributed by atoms with Crippen LogP contribution in [0.15, 0.2) is 35.9 Å². The van der Waals surface area contributed by atoms with E-state index in [9.17, 15) is 5.11 Å². The summed E-state index contributed by atoms with van der Waals surface area (Å²) in [5.74, 6) is 0.911. The molecule has 1 aromatic carbocycles. The molecule has 2 aliphatic heterocycles. The van der Waals surface area contributed by atoms with Crippen LogP contribution >= 0.6 is 0 Å². The van der Waals surface area contributed by atoms with Gasteiger partial charge in [0, 0.05) is 12.1 Å². The summed E-state index contributed by atoms with van der Waals surface area (Å²) in [5.41, 5.74) is 3.67. The summed E-state index contributed by atoms with van der Waals surface area (Å²) >= 11 is 0. The van der Waals surface area contributed by atoms with Crippen molar-refractivity contribution in [2.75, 3.05) is 39.8 Å². The average molecular weight is 342 g/mol. The summed E-state index contributed by atoms with van der Waals surface area (Å²) in [5, 5.41) is 13.6. The lowest BCUT2D eigenvalue weighted by Gasteiger charge is -2.31. The average Bonchev–Trinajstić information content (AvgIpc) is 2.53. The summed E-state index contributed by atoms with van der Waals surface area (Å²) < 4.78 is 5.99. The molecule has 4 heteroatoms. The van der Waals surface area contributed by atoms with Crippen molar-refractivity contribution >= 4 is 5.57 Å². The number of ether oxygens (including phenoxy) is 1. The lowest BCUT2D eigenvalue weighted by Crippen LogP contribution is -2.37. The van der Waals surface area contributed by atoms with Crippen LogP contribution in [0, 0.1) is 0 Å². The van der Waals surface area contributed by atoms with Crippen molar-refractivity contribution in [3.05, 3.63) is 47.1 Å². The van der Waals surface area contributed by atoms with Gasteiger partial charge in [0.2, 0.25) is 0 Å². The molecule has 1 saturated heterocycles. The van der Waals surface area contributed by atoms with Crippen molar-refractivity contribution in [2.45, 2.75) is 32.3 Å². The summed E-state index contributed by atoms with van der Waals surface area (Å²) in [6.45, 7) is 8.58. The molecule has 0 aromatic heterocycles. The van der Waals surface area contributed by atoms with Gasteiger partial charge in [-0.2, -0.15) is 0 Å². The van der Waals surface area contributed by atoms with Crippen LogP contribution in [0.4, 0.5) is 0 Å². The van der Waals surface area contributed by atoms with Gasteiger partial charge < -0.3 is 15.2 Å². The van der Waals surface area contributed by atoms with Crippen molar-refractivity contribution in [3.63, 3.8) is 0 Å². The van der Waals surface area contributed by atoms with Gasteiger partial charge in [0.05, 0.1) is 5.60 Å². The predicted octanol–water partition coefficient (Wildman–Crippen LogP) is 2.93. The number of fused-ring (bicyclic) bond motifs is 1. The van der Waals surface area contributed by atoms with Gasteiger partial charge in [-0.25, -0.2) is 0 Å². The minimum Gasteiger partial charge on any atom is -0.488 e. The zero-order valence-electron chi connectivity index (χ0n) is 15.6. The van der Waals surface area contributed by atoms with Crippen molar-refractivity contribution in [1.29, 1.82) is 0 Å². The lowest BCUT2D eigenvalue weighted by atomic mass is 9.89. The third kappa shape index (κ3) is 4.32. The van der Waals surface area contributed by atoms with E-state index in [2.05, 4.69) is 28.4 Å². The van der Waals surface area contributed by atoms with Gasteiger partial charge in [-0.1, -0.05) is 18.2 Å². The van der Waals surface area contributed by atoms with E-state index in [0.29, 0.717) is 6.61 Å². The molecule has 0 radical (unpaired) electrons. The second kappa shape index (κ2) is 7.73. The van der Waals surface area contributed by atoms with E-state index >= 15 is 0 Å². The van der Waals surface area contributed by atoms with Crippen molar-refractivity contribution in [3.8, 4) is 5.75 Å². The molecule has 0 atom stereocenters. The Balaban J connectivity index is 1.95. The summed E-state index contributed by atoms with van der Waals surface area (Å²) in [7, 11) is 1.97. The van der Waals surface area contributed by atoms with Crippen molar-refractivity contribution < 1.29 is 9.84 Å². The van der Waals surface area contributed by atoms with Crippen molar-refractivity contribution in [2.24, 2.45) is 0 Å². The number of aliphatic hydroxyl groups is 1. The van der Waals surface area contributed by atoms with Gasteiger partial charge in [0.1, 0.15) is 12.4 Å². The number of nitrogens with one attached hydrogen (secondary N) is 1. The summed E-state index contributed by atoms with van der Waals surface area (Å²) in [6, 6.07) is 6.04. The molecule has 4 nitrogen and oxygen atoms in total. The molecule has 2 N–H and O–H groups in total. The third-order valence-electron chi connectivity index (χ3n) is 4.99. The Hall–Kier alpha value is -1.62. The minimum absolute atomic E-state index is 0.615. The maximum Gasteiger partial charge on any atom is 0.127 e. The Morgan fingerprint density at radius 2 is 2.08 bits per heavy atom. The molecule has 0 unspecified atom stereocenters. The first-order chi connectivity index (χ1) is 12.0. The van der Waals surface area contributed by atoms with Gasteiger partial charge in [-0.05, 0) is 82.2 Å².